The van der Waals surface area contributed by atoms with Crippen LogP contribution in [0.3, 0.4) is 0 Å². The first kappa shape index (κ1) is 39.2. The summed E-state index contributed by atoms with van der Waals surface area (Å²) in [6.07, 6.45) is 0. The van der Waals surface area contributed by atoms with Crippen molar-refractivity contribution in [2.75, 3.05) is 4.90 Å². The molecule has 5 heteroatoms. The molecule has 0 fully saturated rings. The van der Waals surface area contributed by atoms with Gasteiger partial charge in [-0.1, -0.05) is 133 Å². The summed E-state index contributed by atoms with van der Waals surface area (Å²) < 4.78 is 14.9. The first-order valence-corrected chi connectivity index (χ1v) is 22.9. The van der Waals surface area contributed by atoms with Crippen LogP contribution in [-0.4, -0.2) is 9.55 Å². The molecule has 0 amide bonds. The Kier molecular flexibility index (Phi) is 9.43. The fourth-order valence-corrected chi connectivity index (χ4v) is 9.62. The van der Waals surface area contributed by atoms with Crippen LogP contribution in [0.2, 0.25) is 0 Å². The number of nitrogens with zero attached hydrogens (tertiary/aromatic N) is 3. The molecule has 0 atom stereocenters. The van der Waals surface area contributed by atoms with Gasteiger partial charge in [-0.15, -0.1) is 0 Å². The van der Waals surface area contributed by atoms with E-state index in [1.165, 1.54) is 33.0 Å². The lowest BCUT2D eigenvalue weighted by molar-refractivity contribution is 0.620. The van der Waals surface area contributed by atoms with E-state index in [2.05, 4.69) is 222 Å². The van der Waals surface area contributed by atoms with Crippen molar-refractivity contribution in [2.24, 2.45) is 0 Å². The number of anilines is 3. The number of aromatic nitrogens is 2. The Labute approximate surface area is 393 Å². The van der Waals surface area contributed by atoms with Crippen molar-refractivity contribution >= 4 is 60.9 Å². The predicted octanol–water partition coefficient (Wildman–Crippen LogP) is 17.5. The van der Waals surface area contributed by atoms with Gasteiger partial charge in [0.15, 0.2) is 5.58 Å². The lowest BCUT2D eigenvalue weighted by Gasteiger charge is -2.26. The van der Waals surface area contributed by atoms with Gasteiger partial charge >= 0.3 is 0 Å². The lowest BCUT2D eigenvalue weighted by atomic mass is 10.0. The third-order valence-corrected chi connectivity index (χ3v) is 13.1. The molecule has 0 saturated heterocycles. The number of furan rings is 1. The van der Waals surface area contributed by atoms with Crippen LogP contribution in [0.15, 0.2) is 258 Å². The van der Waals surface area contributed by atoms with Crippen molar-refractivity contribution in [1.82, 2.24) is 9.55 Å². The molecule has 0 aliphatic carbocycles. The van der Waals surface area contributed by atoms with Gasteiger partial charge in [-0.3, -0.25) is 0 Å². The molecule has 320 valence electrons. The fraction of sp³-hybridized carbons (Fsp3) is 0. The van der Waals surface area contributed by atoms with E-state index in [1.54, 1.807) is 0 Å². The second-order valence-electron chi connectivity index (χ2n) is 17.2. The zero-order valence-electron chi connectivity index (χ0n) is 36.8. The van der Waals surface area contributed by atoms with Crippen molar-refractivity contribution in [1.29, 1.82) is 0 Å². The second kappa shape index (κ2) is 16.4. The Balaban J connectivity index is 0.848. The molecule has 10 aromatic carbocycles. The van der Waals surface area contributed by atoms with Gasteiger partial charge < -0.3 is 18.3 Å². The molecule has 0 aliphatic heterocycles. The normalized spacial score (nSPS) is 11.5. The van der Waals surface area contributed by atoms with Crippen LogP contribution in [0.25, 0.3) is 106 Å². The summed E-state index contributed by atoms with van der Waals surface area (Å²) in [5.41, 5.74) is 18.0. The van der Waals surface area contributed by atoms with Gasteiger partial charge in [0.2, 0.25) is 5.89 Å². The number of para-hydroxylation sites is 3. The molecule has 0 radical (unpaired) electrons. The lowest BCUT2D eigenvalue weighted by Crippen LogP contribution is -2.09. The summed E-state index contributed by atoms with van der Waals surface area (Å²) in [7, 11) is 0. The molecule has 13 aromatic rings. The molecule has 0 saturated carbocycles. The van der Waals surface area contributed by atoms with Crippen LogP contribution < -0.4 is 4.90 Å². The van der Waals surface area contributed by atoms with Gasteiger partial charge in [0, 0.05) is 50.0 Å². The van der Waals surface area contributed by atoms with Gasteiger partial charge in [-0.2, -0.15) is 0 Å². The minimum atomic E-state index is 0.607. The standard InChI is InChI=1S/C63H41N3O2/c1-3-11-42(12-4-1)44-19-29-51(30-20-44)65(53-35-25-47(26-36-53)63-64-57-16-8-10-18-61(57)68-63)52-31-21-45(22-32-52)46-23-33-54(34-24-46)66-58-37-27-48(43-13-5-2-6-14-43)39-55(58)56-40-50(28-38-59(56)66)62-41-49-15-7-9-17-60(49)67-62/h1-41H. The van der Waals surface area contributed by atoms with Crippen LogP contribution in [0, 0.1) is 0 Å². The van der Waals surface area contributed by atoms with Gasteiger partial charge in [-0.25, -0.2) is 4.98 Å². The molecule has 3 heterocycles. The molecule has 13 rings (SSSR count). The number of oxazole rings is 1. The number of benzene rings is 10. The maximum Gasteiger partial charge on any atom is 0.227 e. The molecule has 0 aliphatic rings. The number of hydrogen-bond donors (Lipinski definition) is 0. The zero-order chi connectivity index (χ0) is 45.0. The molecular formula is C63H41N3O2. The van der Waals surface area contributed by atoms with Crippen LogP contribution in [0.1, 0.15) is 0 Å². The minimum Gasteiger partial charge on any atom is -0.456 e. The molecule has 0 N–H and O–H groups in total. The quantitative estimate of drug-likeness (QED) is 0.145. The smallest absolute Gasteiger partial charge is 0.227 e. The Hall–Kier alpha value is -9.19. The van der Waals surface area contributed by atoms with E-state index in [-0.39, 0.29) is 0 Å². The van der Waals surface area contributed by atoms with Crippen LogP contribution in [0.5, 0.6) is 0 Å². The van der Waals surface area contributed by atoms with Crippen molar-refractivity contribution < 1.29 is 8.83 Å². The van der Waals surface area contributed by atoms with Gasteiger partial charge in [0.1, 0.15) is 16.9 Å². The number of fused-ring (bicyclic) bond motifs is 5. The minimum absolute atomic E-state index is 0.607. The summed E-state index contributed by atoms with van der Waals surface area (Å²) in [6, 6.07) is 87.8. The molecule has 68 heavy (non-hydrogen) atoms. The van der Waals surface area contributed by atoms with Crippen molar-refractivity contribution in [2.45, 2.75) is 0 Å². The predicted molar refractivity (Wildman–Crippen MR) is 280 cm³/mol. The van der Waals surface area contributed by atoms with E-state index in [9.17, 15) is 0 Å². The van der Waals surface area contributed by atoms with Crippen molar-refractivity contribution in [3.8, 4) is 61.8 Å². The van der Waals surface area contributed by atoms with Crippen LogP contribution in [-0.2, 0) is 0 Å². The largest absolute Gasteiger partial charge is 0.456 e. The summed E-state index contributed by atoms with van der Waals surface area (Å²) in [6.45, 7) is 0. The summed E-state index contributed by atoms with van der Waals surface area (Å²) in [5.74, 6) is 1.47. The van der Waals surface area contributed by atoms with Gasteiger partial charge in [0.25, 0.3) is 0 Å². The van der Waals surface area contributed by atoms with E-state index < -0.39 is 0 Å². The Morgan fingerprint density at radius 2 is 0.794 bits per heavy atom. The summed E-state index contributed by atoms with van der Waals surface area (Å²) >= 11 is 0. The average molecular weight is 872 g/mol. The second-order valence-corrected chi connectivity index (χ2v) is 17.2. The van der Waals surface area contributed by atoms with Crippen LogP contribution in [0.4, 0.5) is 17.1 Å². The Bertz CT molecular complexity index is 3860. The first-order valence-electron chi connectivity index (χ1n) is 22.9. The molecule has 5 nitrogen and oxygen atoms in total. The van der Waals surface area contributed by atoms with Crippen molar-refractivity contribution in [3.63, 3.8) is 0 Å². The molecule has 0 unspecified atom stereocenters. The maximum absolute atomic E-state index is 6.35. The number of rotatable bonds is 9. The Morgan fingerprint density at radius 1 is 0.338 bits per heavy atom. The fourth-order valence-electron chi connectivity index (χ4n) is 9.62. The van der Waals surface area contributed by atoms with Gasteiger partial charge in [0.05, 0.1) is 11.0 Å². The van der Waals surface area contributed by atoms with E-state index >= 15 is 0 Å². The highest BCUT2D eigenvalue weighted by atomic mass is 16.3. The maximum atomic E-state index is 6.35. The topological polar surface area (TPSA) is 47.3 Å². The van der Waals surface area contributed by atoms with E-state index in [4.69, 9.17) is 13.8 Å². The van der Waals surface area contributed by atoms with E-state index in [0.29, 0.717) is 5.89 Å². The molecular weight excluding hydrogens is 831 g/mol. The molecule has 0 spiro atoms. The number of hydrogen-bond acceptors (Lipinski definition) is 4. The Morgan fingerprint density at radius 3 is 1.38 bits per heavy atom. The van der Waals surface area contributed by atoms with E-state index in [1.807, 2.05) is 36.4 Å². The monoisotopic (exact) mass is 871 g/mol. The molecule has 3 aromatic heterocycles. The third-order valence-electron chi connectivity index (χ3n) is 13.1. The third kappa shape index (κ3) is 7.02. The average Bonchev–Trinajstić information content (AvgIpc) is 4.14. The van der Waals surface area contributed by atoms with Gasteiger partial charge in [-0.05, 0) is 149 Å². The zero-order valence-corrected chi connectivity index (χ0v) is 36.8. The highest BCUT2D eigenvalue weighted by Crippen LogP contribution is 2.41. The summed E-state index contributed by atoms with van der Waals surface area (Å²) in [4.78, 5) is 7.04. The SMILES string of the molecule is c1ccc(-c2ccc(N(c3ccc(-c4ccc(-n5c6ccc(-c7ccccc7)cc6c6cc(-c7cc8ccccc8o7)ccc65)cc4)cc3)c3ccc(-c4nc5ccccc5o4)cc3)cc2)cc1. The highest BCUT2D eigenvalue weighted by molar-refractivity contribution is 6.11. The first-order chi connectivity index (χ1) is 33.7. The summed E-state index contributed by atoms with van der Waals surface area (Å²) in [5, 5.41) is 3.47. The van der Waals surface area contributed by atoms with E-state index in [0.717, 1.165) is 83.9 Å². The van der Waals surface area contributed by atoms with Crippen molar-refractivity contribution in [3.05, 3.63) is 249 Å². The van der Waals surface area contributed by atoms with Crippen LogP contribution >= 0.6 is 0 Å². The molecule has 0 bridgehead atoms. The highest BCUT2D eigenvalue weighted by Gasteiger charge is 2.18.